The number of nitrogens with one attached hydrogen (secondary N) is 1. The average Bonchev–Trinajstić information content (AvgIpc) is 1.76. The van der Waals surface area contributed by atoms with Gasteiger partial charge in [0.2, 0.25) is 0 Å². The number of nitrogens with zero attached hydrogens (tertiary/aromatic N) is 2. The lowest BCUT2D eigenvalue weighted by Crippen LogP contribution is -2.53. The molecule has 0 bridgehead atoms. The second-order valence-electron chi connectivity index (χ2n) is 27.0. The fraction of sp³-hybridized carbons (Fsp3) is 0.709. The van der Waals surface area contributed by atoms with E-state index < -0.39 is 35.3 Å². The summed E-state index contributed by atoms with van der Waals surface area (Å²) in [5, 5.41) is 4.30. The maximum absolute atomic E-state index is 14.8. The monoisotopic (exact) mass is 1280 g/mol. The first kappa shape index (κ1) is 78.5. The number of carbonyl (C=O) groups is 5. The van der Waals surface area contributed by atoms with Gasteiger partial charge in [0, 0.05) is 23.6 Å². The van der Waals surface area contributed by atoms with Crippen LogP contribution in [0.2, 0.25) is 5.02 Å². The van der Waals surface area contributed by atoms with Crippen molar-refractivity contribution >= 4 is 52.6 Å². The molecule has 1 fully saturated rings. The molecule has 512 valence electrons. The van der Waals surface area contributed by atoms with Crippen LogP contribution >= 0.6 is 11.6 Å². The molecule has 0 aromatic heterocycles. The molecule has 12 heteroatoms. The number of hydrogen-bond acceptors (Lipinski definition) is 8. The van der Waals surface area contributed by atoms with Crippen LogP contribution in [0.1, 0.15) is 350 Å². The highest BCUT2D eigenvalue weighted by molar-refractivity contribution is 6.34. The fourth-order valence-electron chi connectivity index (χ4n) is 13.2. The SMILES string of the molecule is CCCCCCCCCCc1c(CCCCCCCCCC)c(CCCCCCCCCC)c(ON(C(C)=O)c2ccc(Cl)c(NC(=O)C(C(=O)c3ccc(OC)cc3)N3C(=O)OC(C)(C)C3=O)c2)c(CCCCCCCCCC)c1CCCCCCCCCC. The third-order valence-electron chi connectivity index (χ3n) is 18.7. The smallest absolute Gasteiger partial charge is 0.418 e. The van der Waals surface area contributed by atoms with Crippen molar-refractivity contribution in [2.45, 2.75) is 356 Å². The molecule has 0 aliphatic carbocycles. The van der Waals surface area contributed by atoms with Gasteiger partial charge in [-0.3, -0.25) is 19.2 Å². The van der Waals surface area contributed by atoms with Gasteiger partial charge in [-0.25, -0.2) is 9.69 Å². The van der Waals surface area contributed by atoms with Crippen LogP contribution in [0.15, 0.2) is 42.5 Å². The van der Waals surface area contributed by atoms with Gasteiger partial charge in [-0.05, 0) is 137 Å². The van der Waals surface area contributed by atoms with E-state index in [2.05, 4.69) is 39.9 Å². The Morgan fingerprint density at radius 3 is 1.18 bits per heavy atom. The molecule has 0 spiro atoms. The van der Waals surface area contributed by atoms with E-state index in [1.54, 1.807) is 35.9 Å². The van der Waals surface area contributed by atoms with E-state index in [-0.39, 0.29) is 22.2 Å². The number of hydrogen-bond donors (Lipinski definition) is 1. The second-order valence-corrected chi connectivity index (χ2v) is 27.4. The Labute approximate surface area is 558 Å². The molecule has 1 saturated heterocycles. The number of amides is 4. The predicted molar refractivity (Wildman–Crippen MR) is 380 cm³/mol. The van der Waals surface area contributed by atoms with E-state index in [0.717, 1.165) is 82.8 Å². The molecule has 0 radical (unpaired) electrons. The molecule has 1 atom stereocenters. The number of carbonyl (C=O) groups excluding carboxylic acids is 5. The Morgan fingerprint density at radius 1 is 0.505 bits per heavy atom. The summed E-state index contributed by atoms with van der Waals surface area (Å²) in [5.41, 5.74) is 5.85. The van der Waals surface area contributed by atoms with Gasteiger partial charge in [0.15, 0.2) is 23.2 Å². The zero-order chi connectivity index (χ0) is 66.1. The first-order chi connectivity index (χ1) is 44.2. The van der Waals surface area contributed by atoms with E-state index in [4.69, 9.17) is 25.9 Å². The van der Waals surface area contributed by atoms with Crippen LogP contribution < -0.4 is 20.0 Å². The molecule has 4 rings (SSSR count). The minimum absolute atomic E-state index is 0.0654. The van der Waals surface area contributed by atoms with Crippen molar-refractivity contribution in [2.24, 2.45) is 0 Å². The van der Waals surface area contributed by atoms with Crippen LogP contribution in [0.5, 0.6) is 11.5 Å². The Hall–Kier alpha value is -4.90. The molecule has 11 nitrogen and oxygen atoms in total. The number of unbranched alkanes of at least 4 members (excludes halogenated alkanes) is 35. The maximum Gasteiger partial charge on any atom is 0.418 e. The minimum atomic E-state index is -1.96. The first-order valence-electron chi connectivity index (χ1n) is 37.2. The lowest BCUT2D eigenvalue weighted by Gasteiger charge is -2.30. The number of hydroxylamine groups is 1. The summed E-state index contributed by atoms with van der Waals surface area (Å²) in [6.45, 7) is 15.8. The maximum atomic E-state index is 14.8. The molecular weight excluding hydrogens is 1150 g/mol. The highest BCUT2D eigenvalue weighted by Crippen LogP contribution is 2.42. The van der Waals surface area contributed by atoms with Gasteiger partial charge in [0.05, 0.1) is 23.5 Å². The highest BCUT2D eigenvalue weighted by Gasteiger charge is 2.54. The number of imide groups is 1. The van der Waals surface area contributed by atoms with Gasteiger partial charge in [-0.15, -0.1) is 5.06 Å². The van der Waals surface area contributed by atoms with Crippen molar-refractivity contribution < 1.29 is 38.3 Å². The van der Waals surface area contributed by atoms with Crippen LogP contribution in [-0.4, -0.2) is 53.3 Å². The molecule has 3 aromatic rings. The van der Waals surface area contributed by atoms with Crippen LogP contribution in [0.3, 0.4) is 0 Å². The largest absolute Gasteiger partial charge is 0.497 e. The number of rotatable bonds is 54. The number of halogens is 1. The predicted octanol–water partition coefficient (Wildman–Crippen LogP) is 23.1. The molecule has 91 heavy (non-hydrogen) atoms. The van der Waals surface area contributed by atoms with Crippen molar-refractivity contribution in [3.05, 3.63) is 80.9 Å². The Bertz CT molecular complexity index is 2500. The van der Waals surface area contributed by atoms with Crippen LogP contribution in [0.4, 0.5) is 16.2 Å². The van der Waals surface area contributed by atoms with Gasteiger partial charge in [0.1, 0.15) is 5.75 Å². The third kappa shape index (κ3) is 27.9. The van der Waals surface area contributed by atoms with Gasteiger partial charge in [-0.1, -0.05) is 271 Å². The van der Waals surface area contributed by atoms with E-state index in [1.165, 1.54) is 279 Å². The van der Waals surface area contributed by atoms with Crippen molar-refractivity contribution in [3.63, 3.8) is 0 Å². The third-order valence-corrected chi connectivity index (χ3v) is 19.0. The summed E-state index contributed by atoms with van der Waals surface area (Å²) < 4.78 is 10.8. The number of anilines is 2. The summed E-state index contributed by atoms with van der Waals surface area (Å²) in [6.07, 6.45) is 52.9. The van der Waals surface area contributed by atoms with Crippen LogP contribution in [0, 0.1) is 0 Å². The molecule has 1 N–H and O–H groups in total. The normalized spacial score (nSPS) is 13.2. The number of ketones is 1. The van der Waals surface area contributed by atoms with E-state index in [9.17, 15) is 24.0 Å². The zero-order valence-corrected chi connectivity index (χ0v) is 59.7. The van der Waals surface area contributed by atoms with E-state index in [0.29, 0.717) is 16.3 Å². The van der Waals surface area contributed by atoms with Gasteiger partial charge in [0.25, 0.3) is 17.7 Å². The molecule has 1 heterocycles. The Balaban J connectivity index is 1.96. The number of methoxy groups -OCH3 is 1. The van der Waals surface area contributed by atoms with Crippen molar-refractivity contribution in [3.8, 4) is 11.5 Å². The number of Topliss-reactive ketones (excluding diaryl/α,β-unsaturated/α-hetero) is 1. The van der Waals surface area contributed by atoms with Crippen LogP contribution in [-0.2, 0) is 51.2 Å². The first-order valence-corrected chi connectivity index (χ1v) is 37.6. The molecule has 3 aromatic carbocycles. The van der Waals surface area contributed by atoms with Gasteiger partial charge in [-0.2, -0.15) is 0 Å². The fourth-order valence-corrected chi connectivity index (χ4v) is 13.4. The summed E-state index contributed by atoms with van der Waals surface area (Å²) in [4.78, 5) is 79.5. The van der Waals surface area contributed by atoms with E-state index in [1.807, 2.05) is 0 Å². The molecular formula is C79H126ClN3O8. The number of benzene rings is 3. The van der Waals surface area contributed by atoms with E-state index >= 15 is 0 Å². The Morgan fingerprint density at radius 2 is 0.846 bits per heavy atom. The lowest BCUT2D eigenvalue weighted by atomic mass is 9.80. The highest BCUT2D eigenvalue weighted by atomic mass is 35.5. The quantitative estimate of drug-likeness (QED) is 0.0256. The Kier molecular flexibility index (Phi) is 39.9. The zero-order valence-electron chi connectivity index (χ0n) is 59.0. The summed E-state index contributed by atoms with van der Waals surface area (Å²) in [7, 11) is 1.50. The number of ether oxygens (including phenoxy) is 2. The van der Waals surface area contributed by atoms with Gasteiger partial charge >= 0.3 is 6.09 Å². The second kappa shape index (κ2) is 46.2. The molecule has 4 amide bonds. The molecule has 0 saturated carbocycles. The van der Waals surface area contributed by atoms with Crippen molar-refractivity contribution in [2.75, 3.05) is 17.5 Å². The molecule has 1 aliphatic rings. The summed E-state index contributed by atoms with van der Waals surface area (Å²) >= 11 is 6.99. The van der Waals surface area contributed by atoms with Crippen molar-refractivity contribution in [1.82, 2.24) is 4.90 Å². The standard InChI is InChI=1S/C79H126ClN3O8/c1-10-15-20-25-30-35-40-45-50-66-67(51-46-41-36-31-26-21-16-11-2)69(53-48-43-38-33-28-23-18-13-4)75(70(54-49-44-39-34-29-24-19-14-5)68(66)52-47-42-37-32-27-22-17-12-3)91-83(62(6)84)64-57-60-71(80)72(61-64)81-76(86)73(82-77(87)79(7,8)90-78(82)88)74(85)63-55-58-65(89-9)59-56-63/h55-61,73H,10-54H2,1-9H3,(H,81,86). The molecule has 1 unspecified atom stereocenters. The molecule has 1 aliphatic heterocycles. The number of cyclic esters (lactones) is 1. The summed E-state index contributed by atoms with van der Waals surface area (Å²) in [5.74, 6) is -1.69. The average molecular weight is 1280 g/mol. The summed E-state index contributed by atoms with van der Waals surface area (Å²) in [6, 6.07) is 9.03. The topological polar surface area (TPSA) is 132 Å². The minimum Gasteiger partial charge on any atom is -0.497 e. The lowest BCUT2D eigenvalue weighted by molar-refractivity contribution is -0.137. The van der Waals surface area contributed by atoms with Gasteiger partial charge < -0.3 is 19.6 Å². The van der Waals surface area contributed by atoms with Crippen molar-refractivity contribution in [1.29, 1.82) is 0 Å². The van der Waals surface area contributed by atoms with Crippen LogP contribution in [0.25, 0.3) is 0 Å².